The first-order valence-electron chi connectivity index (χ1n) is 4.25. The molecule has 0 N–H and O–H groups in total. The Hall–Kier alpha value is -1.10. The standard InChI is InChI=1S/C9H9FN2OS/c10-8-3-7(4-11-5-8)9(13)12-1-2-14-6-12/h3-5H,1-2,6H2. The van der Waals surface area contributed by atoms with Gasteiger partial charge in [-0.25, -0.2) is 4.39 Å². The number of carbonyl (C=O) groups excluding carboxylic acids is 1. The highest BCUT2D eigenvalue weighted by molar-refractivity contribution is 7.99. The second kappa shape index (κ2) is 3.96. The zero-order valence-electron chi connectivity index (χ0n) is 7.44. The topological polar surface area (TPSA) is 33.2 Å². The van der Waals surface area contributed by atoms with Gasteiger partial charge in [0.2, 0.25) is 0 Å². The van der Waals surface area contributed by atoms with Crippen molar-refractivity contribution >= 4 is 17.7 Å². The SMILES string of the molecule is O=C(c1cncc(F)c1)N1CCSC1. The number of rotatable bonds is 1. The Labute approximate surface area is 85.3 Å². The largest absolute Gasteiger partial charge is 0.329 e. The number of amides is 1. The van der Waals surface area contributed by atoms with Gasteiger partial charge < -0.3 is 4.90 Å². The maximum Gasteiger partial charge on any atom is 0.256 e. The number of aromatic nitrogens is 1. The third-order valence-corrected chi connectivity index (χ3v) is 2.96. The third kappa shape index (κ3) is 1.87. The van der Waals surface area contributed by atoms with Gasteiger partial charge in [-0.05, 0) is 6.07 Å². The molecule has 0 aromatic carbocycles. The molecule has 1 aromatic heterocycles. The van der Waals surface area contributed by atoms with Gasteiger partial charge in [-0.2, -0.15) is 0 Å². The highest BCUT2D eigenvalue weighted by Gasteiger charge is 2.20. The molecule has 0 spiro atoms. The van der Waals surface area contributed by atoms with Crippen LogP contribution in [0.1, 0.15) is 10.4 Å². The molecule has 0 saturated carbocycles. The first-order chi connectivity index (χ1) is 6.77. The number of nitrogens with zero attached hydrogens (tertiary/aromatic N) is 2. The molecule has 1 aliphatic heterocycles. The molecule has 1 saturated heterocycles. The average molecular weight is 212 g/mol. The summed E-state index contributed by atoms with van der Waals surface area (Å²) in [6, 6.07) is 1.22. The van der Waals surface area contributed by atoms with Gasteiger partial charge in [-0.1, -0.05) is 0 Å². The molecule has 1 aliphatic rings. The molecule has 0 bridgehead atoms. The maximum absolute atomic E-state index is 12.8. The summed E-state index contributed by atoms with van der Waals surface area (Å²) in [5, 5.41) is 0. The van der Waals surface area contributed by atoms with Crippen LogP contribution in [0.15, 0.2) is 18.5 Å². The van der Waals surface area contributed by atoms with Gasteiger partial charge in [0, 0.05) is 18.5 Å². The van der Waals surface area contributed by atoms with E-state index in [1.54, 1.807) is 16.7 Å². The summed E-state index contributed by atoms with van der Waals surface area (Å²) in [4.78, 5) is 17.0. The Bertz CT molecular complexity index is 352. The average Bonchev–Trinajstić information content (AvgIpc) is 2.69. The molecule has 5 heteroatoms. The van der Waals surface area contributed by atoms with E-state index >= 15 is 0 Å². The lowest BCUT2D eigenvalue weighted by Gasteiger charge is -2.13. The molecule has 0 unspecified atom stereocenters. The number of hydrogen-bond donors (Lipinski definition) is 0. The van der Waals surface area contributed by atoms with Crippen LogP contribution < -0.4 is 0 Å². The van der Waals surface area contributed by atoms with Gasteiger partial charge in [0.05, 0.1) is 17.6 Å². The minimum Gasteiger partial charge on any atom is -0.329 e. The van der Waals surface area contributed by atoms with E-state index in [1.165, 1.54) is 12.3 Å². The molecule has 1 amide bonds. The summed E-state index contributed by atoms with van der Waals surface area (Å²) < 4.78 is 12.8. The summed E-state index contributed by atoms with van der Waals surface area (Å²) >= 11 is 1.70. The van der Waals surface area contributed by atoms with E-state index in [0.717, 1.165) is 18.5 Å². The van der Waals surface area contributed by atoms with Crippen molar-refractivity contribution in [2.75, 3.05) is 18.2 Å². The first kappa shape index (κ1) is 9.45. The van der Waals surface area contributed by atoms with Crippen molar-refractivity contribution in [1.29, 1.82) is 0 Å². The van der Waals surface area contributed by atoms with E-state index < -0.39 is 5.82 Å². The van der Waals surface area contributed by atoms with Crippen molar-refractivity contribution in [2.45, 2.75) is 0 Å². The summed E-state index contributed by atoms with van der Waals surface area (Å²) in [5.74, 6) is 1.04. The number of halogens is 1. The number of carbonyl (C=O) groups is 1. The Morgan fingerprint density at radius 1 is 1.57 bits per heavy atom. The predicted molar refractivity (Wildman–Crippen MR) is 52.6 cm³/mol. The van der Waals surface area contributed by atoms with Gasteiger partial charge in [0.15, 0.2) is 0 Å². The van der Waals surface area contributed by atoms with Crippen LogP contribution in [0.5, 0.6) is 0 Å². The molecule has 1 fully saturated rings. The van der Waals surface area contributed by atoms with E-state index in [0.29, 0.717) is 11.4 Å². The zero-order valence-corrected chi connectivity index (χ0v) is 8.26. The van der Waals surface area contributed by atoms with E-state index in [9.17, 15) is 9.18 Å². The lowest BCUT2D eigenvalue weighted by molar-refractivity contribution is 0.0802. The number of hydrogen-bond acceptors (Lipinski definition) is 3. The fourth-order valence-electron chi connectivity index (χ4n) is 1.29. The van der Waals surface area contributed by atoms with Gasteiger partial charge in [-0.3, -0.25) is 9.78 Å². The van der Waals surface area contributed by atoms with Crippen molar-refractivity contribution in [2.24, 2.45) is 0 Å². The van der Waals surface area contributed by atoms with Gasteiger partial charge >= 0.3 is 0 Å². The molecule has 0 radical (unpaired) electrons. The normalized spacial score (nSPS) is 15.9. The van der Waals surface area contributed by atoms with Gasteiger partial charge in [-0.15, -0.1) is 11.8 Å². The molecular formula is C9H9FN2OS. The van der Waals surface area contributed by atoms with Crippen molar-refractivity contribution < 1.29 is 9.18 Å². The fraction of sp³-hybridized carbons (Fsp3) is 0.333. The van der Waals surface area contributed by atoms with E-state index in [-0.39, 0.29) is 5.91 Å². The summed E-state index contributed by atoms with van der Waals surface area (Å²) in [5.41, 5.74) is 0.326. The van der Waals surface area contributed by atoms with Crippen LogP contribution in [0, 0.1) is 5.82 Å². The summed E-state index contributed by atoms with van der Waals surface area (Å²) in [6.07, 6.45) is 2.49. The Kier molecular flexibility index (Phi) is 2.67. The lowest BCUT2D eigenvalue weighted by atomic mass is 10.2. The molecule has 2 heterocycles. The van der Waals surface area contributed by atoms with Crippen LogP contribution >= 0.6 is 11.8 Å². The second-order valence-electron chi connectivity index (χ2n) is 3.00. The van der Waals surface area contributed by atoms with Crippen molar-refractivity contribution in [3.8, 4) is 0 Å². The quantitative estimate of drug-likeness (QED) is 0.705. The van der Waals surface area contributed by atoms with Crippen LogP contribution in [-0.4, -0.2) is 34.0 Å². The van der Waals surface area contributed by atoms with Gasteiger partial charge in [0.25, 0.3) is 5.91 Å². The van der Waals surface area contributed by atoms with Gasteiger partial charge in [0.1, 0.15) is 5.82 Å². The molecule has 2 rings (SSSR count). The molecule has 0 atom stereocenters. The van der Waals surface area contributed by atoms with Crippen LogP contribution in [0.4, 0.5) is 4.39 Å². The van der Waals surface area contributed by atoms with Crippen LogP contribution in [0.25, 0.3) is 0 Å². The van der Waals surface area contributed by atoms with Crippen molar-refractivity contribution in [3.05, 3.63) is 29.8 Å². The Morgan fingerprint density at radius 3 is 3.07 bits per heavy atom. The smallest absolute Gasteiger partial charge is 0.256 e. The van der Waals surface area contributed by atoms with Crippen LogP contribution in [-0.2, 0) is 0 Å². The van der Waals surface area contributed by atoms with E-state index in [1.807, 2.05) is 0 Å². The highest BCUT2D eigenvalue weighted by atomic mass is 32.2. The third-order valence-electron chi connectivity index (χ3n) is 1.99. The minimum absolute atomic E-state index is 0.137. The molecule has 14 heavy (non-hydrogen) atoms. The predicted octanol–water partition coefficient (Wildman–Crippen LogP) is 1.37. The number of thioether (sulfide) groups is 1. The first-order valence-corrected chi connectivity index (χ1v) is 5.40. The summed E-state index contributed by atoms with van der Waals surface area (Å²) in [6.45, 7) is 0.736. The Morgan fingerprint density at radius 2 is 2.43 bits per heavy atom. The van der Waals surface area contributed by atoms with Crippen molar-refractivity contribution in [1.82, 2.24) is 9.88 Å². The van der Waals surface area contributed by atoms with Crippen LogP contribution in [0.3, 0.4) is 0 Å². The monoisotopic (exact) mass is 212 g/mol. The number of pyridine rings is 1. The van der Waals surface area contributed by atoms with E-state index in [4.69, 9.17) is 0 Å². The van der Waals surface area contributed by atoms with Crippen LogP contribution in [0.2, 0.25) is 0 Å². The molecule has 3 nitrogen and oxygen atoms in total. The minimum atomic E-state index is -0.470. The molecular weight excluding hydrogens is 203 g/mol. The second-order valence-corrected chi connectivity index (χ2v) is 4.07. The lowest BCUT2D eigenvalue weighted by Crippen LogP contribution is -2.27. The van der Waals surface area contributed by atoms with E-state index in [2.05, 4.69) is 4.98 Å². The molecule has 0 aliphatic carbocycles. The molecule has 1 aromatic rings. The van der Waals surface area contributed by atoms with Crippen molar-refractivity contribution in [3.63, 3.8) is 0 Å². The highest BCUT2D eigenvalue weighted by Crippen LogP contribution is 2.16. The zero-order chi connectivity index (χ0) is 9.97. The summed E-state index contributed by atoms with van der Waals surface area (Å²) in [7, 11) is 0. The Balaban J connectivity index is 2.17. The maximum atomic E-state index is 12.8. The fourth-order valence-corrected chi connectivity index (χ4v) is 2.23. The molecule has 74 valence electrons.